The predicted molar refractivity (Wildman–Crippen MR) is 127 cm³/mol. The second kappa shape index (κ2) is 9.50. The van der Waals surface area contributed by atoms with Crippen LogP contribution in [0.5, 0.6) is 5.75 Å². The summed E-state index contributed by atoms with van der Waals surface area (Å²) in [5.74, 6) is 0.204. The molecule has 0 amide bonds. The van der Waals surface area contributed by atoms with Crippen molar-refractivity contribution in [2.75, 3.05) is 13.2 Å². The number of hydrogen-bond acceptors (Lipinski definition) is 7. The molecule has 1 aliphatic heterocycles. The fourth-order valence-corrected chi connectivity index (χ4v) is 5.30. The number of carbonyl (C=O) groups is 1. The number of nitrogens with zero attached hydrogens (tertiary/aromatic N) is 2. The molecule has 3 heterocycles. The number of benzene rings is 1. The molecule has 0 radical (unpaired) electrons. The van der Waals surface area contributed by atoms with E-state index in [0.717, 1.165) is 16.2 Å². The third-order valence-electron chi connectivity index (χ3n) is 4.90. The summed E-state index contributed by atoms with van der Waals surface area (Å²) in [4.78, 5) is 32.5. The smallest absolute Gasteiger partial charge is 0.338 e. The predicted octanol–water partition coefficient (Wildman–Crippen LogP) is 3.42. The summed E-state index contributed by atoms with van der Waals surface area (Å²) in [6, 6.07) is 10.6. The van der Waals surface area contributed by atoms with Crippen molar-refractivity contribution in [3.63, 3.8) is 0 Å². The molecule has 0 aliphatic carbocycles. The maximum absolute atomic E-state index is 13.5. The maximum Gasteiger partial charge on any atom is 0.338 e. The average Bonchev–Trinajstić information content (AvgIpc) is 3.40. The highest BCUT2D eigenvalue weighted by atomic mass is 32.1. The Morgan fingerprint density at radius 3 is 2.72 bits per heavy atom. The Labute approximate surface area is 193 Å². The van der Waals surface area contributed by atoms with Crippen molar-refractivity contribution < 1.29 is 14.3 Å². The number of allylic oxidation sites excluding steroid dienone is 1. The van der Waals surface area contributed by atoms with Crippen molar-refractivity contribution in [3.8, 4) is 5.75 Å². The summed E-state index contributed by atoms with van der Waals surface area (Å²) >= 11 is 2.87. The molecule has 0 saturated heterocycles. The molecule has 0 bridgehead atoms. The number of ether oxygens (including phenoxy) is 2. The Balaban J connectivity index is 1.90. The van der Waals surface area contributed by atoms with E-state index in [1.165, 1.54) is 17.4 Å². The van der Waals surface area contributed by atoms with Crippen LogP contribution in [0.15, 0.2) is 75.5 Å². The van der Waals surface area contributed by atoms with Crippen LogP contribution in [-0.2, 0) is 9.53 Å². The standard InChI is InChI=1S/C24H22N2O4S2/c1-4-12-30-23(28)20-15(3)25-24-26(21(20)16-8-10-17(11-9-16)29-5-2)22(27)19(32-24)14-18-7-6-13-31-18/h4,6-11,13-14,21H,1,5,12H2,2-3H3. The monoisotopic (exact) mass is 466 g/mol. The first-order chi connectivity index (χ1) is 15.5. The molecule has 32 heavy (non-hydrogen) atoms. The Morgan fingerprint density at radius 1 is 1.28 bits per heavy atom. The summed E-state index contributed by atoms with van der Waals surface area (Å²) in [5.41, 5.74) is 1.45. The van der Waals surface area contributed by atoms with Gasteiger partial charge in [-0.25, -0.2) is 9.79 Å². The van der Waals surface area contributed by atoms with Gasteiger partial charge in [-0.05, 0) is 49.1 Å². The van der Waals surface area contributed by atoms with Crippen LogP contribution in [0.2, 0.25) is 0 Å². The van der Waals surface area contributed by atoms with Gasteiger partial charge in [0.1, 0.15) is 12.4 Å². The lowest BCUT2D eigenvalue weighted by atomic mass is 9.96. The normalized spacial score (nSPS) is 15.8. The molecule has 0 N–H and O–H groups in total. The Hall–Kier alpha value is -3.23. The molecule has 4 rings (SSSR count). The van der Waals surface area contributed by atoms with E-state index in [1.54, 1.807) is 22.8 Å². The van der Waals surface area contributed by atoms with E-state index in [1.807, 2.05) is 54.8 Å². The fourth-order valence-electron chi connectivity index (χ4n) is 3.53. The zero-order chi connectivity index (χ0) is 22.7. The number of thiazole rings is 1. The van der Waals surface area contributed by atoms with Gasteiger partial charge < -0.3 is 9.47 Å². The molecule has 0 saturated carbocycles. The third-order valence-corrected chi connectivity index (χ3v) is 6.70. The van der Waals surface area contributed by atoms with Crippen molar-refractivity contribution in [1.29, 1.82) is 0 Å². The molecule has 8 heteroatoms. The van der Waals surface area contributed by atoms with Gasteiger partial charge >= 0.3 is 5.97 Å². The zero-order valence-electron chi connectivity index (χ0n) is 17.7. The SMILES string of the molecule is C=CCOC(=O)C1=C(C)N=c2sc(=Cc3cccs3)c(=O)n2C1c1ccc(OCC)cc1. The van der Waals surface area contributed by atoms with E-state index in [9.17, 15) is 9.59 Å². The van der Waals surface area contributed by atoms with Gasteiger partial charge in [-0.3, -0.25) is 9.36 Å². The number of carbonyl (C=O) groups excluding carboxylic acids is 1. The van der Waals surface area contributed by atoms with Gasteiger partial charge in [0, 0.05) is 4.88 Å². The van der Waals surface area contributed by atoms with Crippen molar-refractivity contribution in [2.24, 2.45) is 4.99 Å². The van der Waals surface area contributed by atoms with E-state index < -0.39 is 12.0 Å². The topological polar surface area (TPSA) is 69.9 Å². The molecule has 6 nitrogen and oxygen atoms in total. The quantitative estimate of drug-likeness (QED) is 0.395. The van der Waals surface area contributed by atoms with Crippen molar-refractivity contribution in [2.45, 2.75) is 19.9 Å². The molecular formula is C24H22N2O4S2. The van der Waals surface area contributed by atoms with Gasteiger partial charge in [0.2, 0.25) is 0 Å². The van der Waals surface area contributed by atoms with E-state index in [0.29, 0.717) is 27.2 Å². The number of fused-ring (bicyclic) bond motifs is 1. The van der Waals surface area contributed by atoms with E-state index >= 15 is 0 Å². The molecule has 164 valence electrons. The van der Waals surface area contributed by atoms with Crippen LogP contribution in [0, 0.1) is 0 Å². The second-order valence-corrected chi connectivity index (χ2v) is 8.97. The number of thiophene rings is 1. The molecule has 0 fully saturated rings. The van der Waals surface area contributed by atoms with Gasteiger partial charge in [0.15, 0.2) is 4.80 Å². The second-order valence-electron chi connectivity index (χ2n) is 6.99. The first-order valence-corrected chi connectivity index (χ1v) is 11.8. The molecular weight excluding hydrogens is 444 g/mol. The average molecular weight is 467 g/mol. The van der Waals surface area contributed by atoms with Crippen LogP contribution < -0.4 is 19.6 Å². The minimum Gasteiger partial charge on any atom is -0.494 e. The lowest BCUT2D eigenvalue weighted by molar-refractivity contribution is -0.138. The minimum atomic E-state index is -0.648. The largest absolute Gasteiger partial charge is 0.494 e. The molecule has 1 aliphatic rings. The summed E-state index contributed by atoms with van der Waals surface area (Å²) in [5, 5.41) is 1.96. The van der Waals surface area contributed by atoms with Crippen LogP contribution in [-0.4, -0.2) is 23.8 Å². The van der Waals surface area contributed by atoms with Gasteiger partial charge in [0.25, 0.3) is 5.56 Å². The summed E-state index contributed by atoms with van der Waals surface area (Å²) in [7, 11) is 0. The van der Waals surface area contributed by atoms with Crippen molar-refractivity contribution in [3.05, 3.63) is 95.8 Å². The van der Waals surface area contributed by atoms with Gasteiger partial charge in [-0.1, -0.05) is 42.2 Å². The number of esters is 1. The van der Waals surface area contributed by atoms with Gasteiger partial charge in [-0.15, -0.1) is 11.3 Å². The van der Waals surface area contributed by atoms with Crippen molar-refractivity contribution >= 4 is 34.7 Å². The highest BCUT2D eigenvalue weighted by Crippen LogP contribution is 2.31. The first-order valence-electron chi connectivity index (χ1n) is 10.1. The number of hydrogen-bond donors (Lipinski definition) is 0. The minimum absolute atomic E-state index is 0.0778. The molecule has 2 aromatic heterocycles. The van der Waals surface area contributed by atoms with E-state index in [2.05, 4.69) is 11.6 Å². The molecule has 3 aromatic rings. The van der Waals surface area contributed by atoms with Gasteiger partial charge in [0.05, 0.1) is 28.5 Å². The summed E-state index contributed by atoms with van der Waals surface area (Å²) < 4.78 is 13.0. The Kier molecular flexibility index (Phi) is 6.53. The van der Waals surface area contributed by atoms with Crippen LogP contribution in [0.25, 0.3) is 6.08 Å². The fraction of sp³-hybridized carbons (Fsp3) is 0.208. The van der Waals surface area contributed by atoms with Crippen LogP contribution in [0.3, 0.4) is 0 Å². The van der Waals surface area contributed by atoms with E-state index in [4.69, 9.17) is 9.47 Å². The summed E-state index contributed by atoms with van der Waals surface area (Å²) in [6.07, 6.45) is 3.37. The van der Waals surface area contributed by atoms with E-state index in [-0.39, 0.29) is 12.2 Å². The molecule has 1 atom stereocenters. The Morgan fingerprint density at radius 2 is 2.06 bits per heavy atom. The van der Waals surface area contributed by atoms with Crippen LogP contribution in [0.4, 0.5) is 0 Å². The Bertz CT molecular complexity index is 1350. The molecule has 1 aromatic carbocycles. The number of rotatable bonds is 7. The lowest BCUT2D eigenvalue weighted by Gasteiger charge is -2.24. The van der Waals surface area contributed by atoms with Crippen LogP contribution >= 0.6 is 22.7 Å². The highest BCUT2D eigenvalue weighted by molar-refractivity contribution is 7.11. The van der Waals surface area contributed by atoms with Crippen LogP contribution in [0.1, 0.15) is 30.3 Å². The molecule has 0 spiro atoms. The summed E-state index contributed by atoms with van der Waals surface area (Å²) in [6.45, 7) is 7.91. The van der Waals surface area contributed by atoms with Gasteiger partial charge in [-0.2, -0.15) is 0 Å². The molecule has 1 unspecified atom stereocenters. The highest BCUT2D eigenvalue weighted by Gasteiger charge is 2.33. The third kappa shape index (κ3) is 4.24. The number of aromatic nitrogens is 1. The zero-order valence-corrected chi connectivity index (χ0v) is 19.4. The maximum atomic E-state index is 13.5. The lowest BCUT2D eigenvalue weighted by Crippen LogP contribution is -2.39. The first kappa shape index (κ1) is 22.0. The van der Waals surface area contributed by atoms with Crippen molar-refractivity contribution in [1.82, 2.24) is 4.57 Å².